The normalized spacial score (nSPS) is 15.6. The Hall–Kier alpha value is -3.55. The first kappa shape index (κ1) is 19.2. The number of nitrogens with zero attached hydrogens (tertiary/aromatic N) is 1. The average molecular weight is 384 g/mol. The number of hydrogen-bond donors (Lipinski definition) is 2. The van der Waals surface area contributed by atoms with E-state index in [9.17, 15) is 9.59 Å². The Morgan fingerprint density at radius 2 is 1.89 bits per heavy atom. The van der Waals surface area contributed by atoms with Gasteiger partial charge in [0.05, 0.1) is 5.71 Å². The standard InChI is InChI=1S/C20H20N2O6/c1-2-15(13-7-9-14(10-8-13)26-12-19(23)24)21-22-20(25)18-11-27-16-5-3-4-6-17(16)28-18/h3-10,18H,2,11-12H2,1H3,(H,22,25)(H,23,24)/b21-15-/t18-/m1/s1. The molecule has 1 amide bonds. The molecule has 2 aromatic carbocycles. The third-order valence-corrected chi connectivity index (χ3v) is 3.99. The van der Waals surface area contributed by atoms with Crippen LogP contribution in [0.2, 0.25) is 0 Å². The van der Waals surface area contributed by atoms with Crippen molar-refractivity contribution in [3.63, 3.8) is 0 Å². The van der Waals surface area contributed by atoms with Crippen molar-refractivity contribution in [2.75, 3.05) is 13.2 Å². The molecule has 28 heavy (non-hydrogen) atoms. The fraction of sp³-hybridized carbons (Fsp3) is 0.250. The molecule has 8 nitrogen and oxygen atoms in total. The van der Waals surface area contributed by atoms with Crippen molar-refractivity contribution < 1.29 is 28.9 Å². The number of carbonyl (C=O) groups excluding carboxylic acids is 1. The number of rotatable bonds is 7. The van der Waals surface area contributed by atoms with Gasteiger partial charge >= 0.3 is 5.97 Å². The molecule has 0 aliphatic carbocycles. The second kappa shape index (κ2) is 8.90. The SMILES string of the molecule is CC/C(=N/NC(=O)[C@H]1COc2ccccc2O1)c1ccc(OCC(=O)O)cc1. The number of carboxylic acids is 1. The highest BCUT2D eigenvalue weighted by Gasteiger charge is 2.27. The molecule has 0 saturated heterocycles. The molecular formula is C20H20N2O6. The number of carboxylic acid groups (broad SMARTS) is 1. The first-order valence-electron chi connectivity index (χ1n) is 8.76. The summed E-state index contributed by atoms with van der Waals surface area (Å²) in [5.41, 5.74) is 3.97. The summed E-state index contributed by atoms with van der Waals surface area (Å²) in [7, 11) is 0. The van der Waals surface area contributed by atoms with Crippen LogP contribution in [-0.2, 0) is 9.59 Å². The van der Waals surface area contributed by atoms with Crippen LogP contribution >= 0.6 is 0 Å². The summed E-state index contributed by atoms with van der Waals surface area (Å²) in [5, 5.41) is 12.8. The van der Waals surface area contributed by atoms with Crippen molar-refractivity contribution in [1.82, 2.24) is 5.43 Å². The van der Waals surface area contributed by atoms with E-state index in [0.29, 0.717) is 29.4 Å². The highest BCUT2D eigenvalue weighted by Crippen LogP contribution is 2.30. The Morgan fingerprint density at radius 3 is 2.57 bits per heavy atom. The number of ether oxygens (including phenoxy) is 3. The Balaban J connectivity index is 1.61. The quantitative estimate of drug-likeness (QED) is 0.560. The van der Waals surface area contributed by atoms with Gasteiger partial charge in [-0.05, 0) is 48.4 Å². The molecule has 0 saturated carbocycles. The summed E-state index contributed by atoms with van der Waals surface area (Å²) in [4.78, 5) is 22.9. The number of aliphatic carboxylic acids is 1. The summed E-state index contributed by atoms with van der Waals surface area (Å²) in [6, 6.07) is 14.0. The van der Waals surface area contributed by atoms with Gasteiger partial charge in [-0.25, -0.2) is 10.2 Å². The lowest BCUT2D eigenvalue weighted by Gasteiger charge is -2.24. The van der Waals surface area contributed by atoms with Crippen LogP contribution in [0.15, 0.2) is 53.6 Å². The Bertz CT molecular complexity index is 879. The van der Waals surface area contributed by atoms with Gasteiger partial charge in [-0.3, -0.25) is 4.79 Å². The van der Waals surface area contributed by atoms with Crippen LogP contribution in [0.4, 0.5) is 0 Å². The molecule has 146 valence electrons. The molecule has 0 spiro atoms. The molecular weight excluding hydrogens is 364 g/mol. The third kappa shape index (κ3) is 4.79. The smallest absolute Gasteiger partial charge is 0.341 e. The van der Waals surface area contributed by atoms with Crippen LogP contribution in [0.1, 0.15) is 18.9 Å². The maximum absolute atomic E-state index is 12.4. The predicted octanol–water partition coefficient (Wildman–Crippen LogP) is 2.22. The third-order valence-electron chi connectivity index (χ3n) is 3.99. The van der Waals surface area contributed by atoms with Gasteiger partial charge in [0.1, 0.15) is 12.4 Å². The van der Waals surface area contributed by atoms with E-state index in [4.69, 9.17) is 19.3 Å². The fourth-order valence-electron chi connectivity index (χ4n) is 2.58. The first-order chi connectivity index (χ1) is 13.6. The maximum Gasteiger partial charge on any atom is 0.341 e. The zero-order valence-corrected chi connectivity index (χ0v) is 15.3. The molecule has 0 unspecified atom stereocenters. The van der Waals surface area contributed by atoms with Crippen LogP contribution in [0.3, 0.4) is 0 Å². The second-order valence-corrected chi connectivity index (χ2v) is 5.96. The monoisotopic (exact) mass is 384 g/mol. The van der Waals surface area contributed by atoms with Crippen molar-refractivity contribution in [1.29, 1.82) is 0 Å². The van der Waals surface area contributed by atoms with E-state index in [1.54, 1.807) is 42.5 Å². The Labute approximate surface area is 161 Å². The van der Waals surface area contributed by atoms with Gasteiger partial charge in [0.2, 0.25) is 6.10 Å². The molecule has 0 bridgehead atoms. The van der Waals surface area contributed by atoms with E-state index in [0.717, 1.165) is 5.56 Å². The number of nitrogens with one attached hydrogen (secondary N) is 1. The molecule has 2 aromatic rings. The number of hydrogen-bond acceptors (Lipinski definition) is 6. The van der Waals surface area contributed by atoms with Crippen molar-refractivity contribution >= 4 is 17.6 Å². The predicted molar refractivity (Wildman–Crippen MR) is 101 cm³/mol. The number of hydrazone groups is 1. The number of amides is 1. The minimum absolute atomic E-state index is 0.107. The highest BCUT2D eigenvalue weighted by atomic mass is 16.6. The van der Waals surface area contributed by atoms with Crippen LogP contribution in [0.5, 0.6) is 17.2 Å². The van der Waals surface area contributed by atoms with Gasteiger partial charge in [-0.1, -0.05) is 19.1 Å². The van der Waals surface area contributed by atoms with Gasteiger partial charge < -0.3 is 19.3 Å². The first-order valence-corrected chi connectivity index (χ1v) is 8.76. The second-order valence-electron chi connectivity index (χ2n) is 5.96. The van der Waals surface area contributed by atoms with Crippen molar-refractivity contribution in [3.05, 3.63) is 54.1 Å². The summed E-state index contributed by atoms with van der Waals surface area (Å²) in [6.45, 7) is 1.61. The highest BCUT2D eigenvalue weighted by molar-refractivity contribution is 6.01. The van der Waals surface area contributed by atoms with E-state index in [1.165, 1.54) is 0 Å². The molecule has 0 radical (unpaired) electrons. The van der Waals surface area contributed by atoms with Gasteiger partial charge in [0.25, 0.3) is 5.91 Å². The van der Waals surface area contributed by atoms with Gasteiger partial charge in [0.15, 0.2) is 18.1 Å². The summed E-state index contributed by atoms with van der Waals surface area (Å²) in [6.07, 6.45) is -0.205. The van der Waals surface area contributed by atoms with Gasteiger partial charge in [-0.2, -0.15) is 5.10 Å². The molecule has 8 heteroatoms. The average Bonchev–Trinajstić information content (AvgIpc) is 2.73. The number of benzene rings is 2. The molecule has 1 atom stereocenters. The molecule has 3 rings (SSSR count). The lowest BCUT2D eigenvalue weighted by atomic mass is 10.1. The van der Waals surface area contributed by atoms with Crippen molar-refractivity contribution in [3.8, 4) is 17.2 Å². The molecule has 1 heterocycles. The van der Waals surface area contributed by atoms with Crippen molar-refractivity contribution in [2.24, 2.45) is 5.10 Å². The topological polar surface area (TPSA) is 106 Å². The molecule has 1 aliphatic rings. The van der Waals surface area contributed by atoms with E-state index in [2.05, 4.69) is 10.5 Å². The minimum atomic E-state index is -1.04. The van der Waals surface area contributed by atoms with Crippen LogP contribution in [-0.4, -0.2) is 42.0 Å². The lowest BCUT2D eigenvalue weighted by molar-refractivity contribution is -0.139. The molecule has 1 aliphatic heterocycles. The van der Waals surface area contributed by atoms with Gasteiger partial charge in [0, 0.05) is 0 Å². The summed E-state index contributed by atoms with van der Waals surface area (Å²) in [5.74, 6) is 0.123. The molecule has 0 aromatic heterocycles. The van der Waals surface area contributed by atoms with E-state index in [1.807, 2.05) is 13.0 Å². The maximum atomic E-state index is 12.4. The van der Waals surface area contributed by atoms with Crippen LogP contribution < -0.4 is 19.6 Å². The van der Waals surface area contributed by atoms with E-state index in [-0.39, 0.29) is 6.61 Å². The summed E-state index contributed by atoms with van der Waals surface area (Å²) < 4.78 is 16.3. The molecule has 0 fully saturated rings. The minimum Gasteiger partial charge on any atom is -0.485 e. The van der Waals surface area contributed by atoms with E-state index >= 15 is 0 Å². The van der Waals surface area contributed by atoms with Crippen LogP contribution in [0.25, 0.3) is 0 Å². The largest absolute Gasteiger partial charge is 0.485 e. The Kier molecular flexibility index (Phi) is 6.11. The zero-order chi connectivity index (χ0) is 19.9. The van der Waals surface area contributed by atoms with E-state index < -0.39 is 24.6 Å². The summed E-state index contributed by atoms with van der Waals surface area (Å²) >= 11 is 0. The Morgan fingerprint density at radius 1 is 1.18 bits per heavy atom. The zero-order valence-electron chi connectivity index (χ0n) is 15.3. The van der Waals surface area contributed by atoms with Gasteiger partial charge in [-0.15, -0.1) is 0 Å². The number of carbonyl (C=O) groups is 2. The number of para-hydroxylation sites is 2. The molecule has 2 N–H and O–H groups in total. The fourth-order valence-corrected chi connectivity index (χ4v) is 2.58. The lowest BCUT2D eigenvalue weighted by Crippen LogP contribution is -2.42. The van der Waals surface area contributed by atoms with Crippen molar-refractivity contribution in [2.45, 2.75) is 19.4 Å². The van der Waals surface area contributed by atoms with Crippen LogP contribution in [0, 0.1) is 0 Å². The number of fused-ring (bicyclic) bond motifs is 1.